The lowest BCUT2D eigenvalue weighted by atomic mass is 10.0. The maximum absolute atomic E-state index is 11.1. The Morgan fingerprint density at radius 3 is 2.57 bits per heavy atom. The van der Waals surface area contributed by atoms with Crippen LogP contribution in [0.4, 0.5) is 0 Å². The predicted octanol–water partition coefficient (Wildman–Crippen LogP) is 2.46. The minimum absolute atomic E-state index is 0.175. The second kappa shape index (κ2) is 4.57. The molecule has 1 aliphatic heterocycles. The molecule has 0 aromatic carbocycles. The first-order chi connectivity index (χ1) is 6.38. The molecule has 1 heterocycles. The number of carbonyl (C=O) groups excluding carboxylic acids is 2. The van der Waals surface area contributed by atoms with Crippen molar-refractivity contribution in [3.05, 3.63) is 0 Å². The Labute approximate surface area is 92.8 Å². The zero-order valence-electron chi connectivity index (χ0n) is 8.51. The van der Waals surface area contributed by atoms with Gasteiger partial charge in [-0.1, -0.05) is 19.5 Å². The first-order valence-electron chi connectivity index (χ1n) is 4.82. The summed E-state index contributed by atoms with van der Waals surface area (Å²) in [7, 11) is 0. The van der Waals surface area contributed by atoms with Crippen molar-refractivity contribution in [2.45, 2.75) is 38.4 Å². The molecule has 80 valence electrons. The van der Waals surface area contributed by atoms with E-state index in [-0.39, 0.29) is 24.3 Å². The maximum Gasteiger partial charge on any atom is 0.317 e. The average molecular weight is 279 g/mol. The van der Waals surface area contributed by atoms with Crippen LogP contribution in [-0.4, -0.2) is 18.6 Å². The molecule has 0 saturated carbocycles. The van der Waals surface area contributed by atoms with Gasteiger partial charge in [-0.15, -0.1) is 15.3 Å². The van der Waals surface area contributed by atoms with Crippen molar-refractivity contribution in [1.82, 2.24) is 0 Å². The van der Waals surface area contributed by atoms with Gasteiger partial charge in [-0.2, -0.15) is 0 Å². The fraction of sp³-hybridized carbons (Fsp3) is 0.778. The Hall–Kier alpha value is -0.163. The highest BCUT2D eigenvalue weighted by atomic mass is 79.9. The van der Waals surface area contributed by atoms with Crippen LogP contribution in [0.3, 0.4) is 0 Å². The quantitative estimate of drug-likeness (QED) is 0.343. The van der Waals surface area contributed by atoms with Crippen molar-refractivity contribution in [2.24, 2.45) is 5.92 Å². The molecule has 5 heteroatoms. The van der Waals surface area contributed by atoms with Gasteiger partial charge in [0.05, 0.1) is 12.3 Å². The highest BCUT2D eigenvalue weighted by Gasteiger charge is 2.33. The molecule has 0 bridgehead atoms. The molecule has 0 aromatic heterocycles. The number of hydrogen-bond donors (Lipinski definition) is 0. The van der Waals surface area contributed by atoms with E-state index in [9.17, 15) is 9.59 Å². The molecule has 1 fully saturated rings. The molecule has 0 aliphatic carbocycles. The largest absolute Gasteiger partial charge is 0.393 e. The molecule has 0 N–H and O–H groups in total. The van der Waals surface area contributed by atoms with Gasteiger partial charge in [-0.25, -0.2) is 0 Å². The number of halogens is 1. The maximum atomic E-state index is 11.1. The van der Waals surface area contributed by atoms with E-state index in [0.29, 0.717) is 0 Å². The second-order valence-corrected chi connectivity index (χ2v) is 14.7. The highest BCUT2D eigenvalue weighted by Crippen LogP contribution is 2.26. The summed E-state index contributed by atoms with van der Waals surface area (Å²) in [4.78, 5) is 21.9. The average Bonchev–Trinajstić information content (AvgIpc) is 2.27. The predicted molar refractivity (Wildman–Crippen MR) is 59.7 cm³/mol. The fourth-order valence-electron chi connectivity index (χ4n) is 1.51. The standard InChI is InChI=1S/C9H15BrO3Si/c1-14(2,10)5-3-4-7-6-8(11)13-9(7)12/h7H,3-6H2,1-2H3. The molecule has 1 atom stereocenters. The smallest absolute Gasteiger partial charge is 0.317 e. The lowest BCUT2D eigenvalue weighted by molar-refractivity contribution is -0.153. The number of carbonyl (C=O) groups is 2. The van der Waals surface area contributed by atoms with Gasteiger partial charge in [0.25, 0.3) is 0 Å². The third-order valence-electron chi connectivity index (χ3n) is 2.28. The molecule has 0 radical (unpaired) electrons. The van der Waals surface area contributed by atoms with E-state index in [4.69, 9.17) is 0 Å². The number of rotatable bonds is 4. The minimum Gasteiger partial charge on any atom is -0.393 e. The summed E-state index contributed by atoms with van der Waals surface area (Å²) in [5.74, 6) is -0.870. The van der Waals surface area contributed by atoms with Gasteiger partial charge in [-0.3, -0.25) is 9.59 Å². The van der Waals surface area contributed by atoms with E-state index in [0.717, 1.165) is 18.9 Å². The first-order valence-corrected chi connectivity index (χ1v) is 10.3. The van der Waals surface area contributed by atoms with Crippen LogP contribution < -0.4 is 0 Å². The topological polar surface area (TPSA) is 43.4 Å². The van der Waals surface area contributed by atoms with Crippen LogP contribution in [0.5, 0.6) is 0 Å². The number of hydrogen-bond acceptors (Lipinski definition) is 3. The highest BCUT2D eigenvalue weighted by molar-refractivity contribution is 9.26. The zero-order chi connectivity index (χ0) is 10.8. The molecular formula is C9H15BrO3Si. The molecule has 14 heavy (non-hydrogen) atoms. The third kappa shape index (κ3) is 3.92. The van der Waals surface area contributed by atoms with Crippen molar-refractivity contribution >= 4 is 33.9 Å². The van der Waals surface area contributed by atoms with Gasteiger partial charge in [0.2, 0.25) is 0 Å². The van der Waals surface area contributed by atoms with E-state index in [2.05, 4.69) is 33.1 Å². The molecule has 1 rings (SSSR count). The summed E-state index contributed by atoms with van der Waals surface area (Å²) in [6, 6.07) is 1.13. The van der Waals surface area contributed by atoms with Crippen molar-refractivity contribution in [1.29, 1.82) is 0 Å². The zero-order valence-corrected chi connectivity index (χ0v) is 11.1. The number of cyclic esters (lactones) is 2. The van der Waals surface area contributed by atoms with E-state index in [1.54, 1.807) is 0 Å². The Balaban J connectivity index is 2.26. The van der Waals surface area contributed by atoms with Crippen molar-refractivity contribution < 1.29 is 14.3 Å². The van der Waals surface area contributed by atoms with Crippen LogP contribution >= 0.6 is 15.3 Å². The summed E-state index contributed by atoms with van der Waals surface area (Å²) in [5.41, 5.74) is 0. The summed E-state index contributed by atoms with van der Waals surface area (Å²) in [5, 5.41) is 0. The van der Waals surface area contributed by atoms with E-state index >= 15 is 0 Å². The fourth-order valence-corrected chi connectivity index (χ4v) is 3.40. The number of ether oxygens (including phenoxy) is 1. The van der Waals surface area contributed by atoms with Crippen LogP contribution in [0.2, 0.25) is 19.1 Å². The summed E-state index contributed by atoms with van der Waals surface area (Å²) >= 11 is 3.67. The molecule has 1 saturated heterocycles. The Bertz CT molecular complexity index is 247. The van der Waals surface area contributed by atoms with Crippen molar-refractivity contribution in [3.8, 4) is 0 Å². The van der Waals surface area contributed by atoms with Crippen LogP contribution in [0, 0.1) is 5.92 Å². The Morgan fingerprint density at radius 1 is 1.50 bits per heavy atom. The van der Waals surface area contributed by atoms with Gasteiger partial charge in [0.15, 0.2) is 0 Å². The molecular weight excluding hydrogens is 264 g/mol. The summed E-state index contributed by atoms with van der Waals surface area (Å²) < 4.78 is 4.48. The van der Waals surface area contributed by atoms with Crippen LogP contribution in [-0.2, 0) is 14.3 Å². The molecule has 0 spiro atoms. The normalized spacial score (nSPS) is 22.6. The number of esters is 2. The lowest BCUT2D eigenvalue weighted by Crippen LogP contribution is -2.16. The van der Waals surface area contributed by atoms with Gasteiger partial charge in [-0.05, 0) is 12.5 Å². The van der Waals surface area contributed by atoms with E-state index < -0.39 is 6.69 Å². The third-order valence-corrected chi connectivity index (χ3v) is 5.02. The Kier molecular flexibility index (Phi) is 3.89. The van der Waals surface area contributed by atoms with Gasteiger partial charge in [0.1, 0.15) is 6.69 Å². The minimum atomic E-state index is -1.19. The van der Waals surface area contributed by atoms with Crippen LogP contribution in [0.25, 0.3) is 0 Å². The molecule has 0 aromatic rings. The van der Waals surface area contributed by atoms with Gasteiger partial charge in [0, 0.05) is 0 Å². The van der Waals surface area contributed by atoms with Crippen molar-refractivity contribution in [3.63, 3.8) is 0 Å². The molecule has 1 aliphatic rings. The molecule has 3 nitrogen and oxygen atoms in total. The van der Waals surface area contributed by atoms with Gasteiger partial charge >= 0.3 is 11.9 Å². The molecule has 0 amide bonds. The summed E-state index contributed by atoms with van der Waals surface area (Å²) in [6.45, 7) is 3.26. The van der Waals surface area contributed by atoms with Gasteiger partial charge < -0.3 is 4.74 Å². The first kappa shape index (κ1) is 11.9. The summed E-state index contributed by atoms with van der Waals surface area (Å²) in [6.07, 6.45) is 2.06. The van der Waals surface area contributed by atoms with Crippen LogP contribution in [0.1, 0.15) is 19.3 Å². The Morgan fingerprint density at radius 2 is 2.14 bits per heavy atom. The SMILES string of the molecule is C[Si](C)(Br)CCCC1CC(=O)OC1=O. The second-order valence-electron chi connectivity index (χ2n) is 4.31. The van der Waals surface area contributed by atoms with E-state index in [1.165, 1.54) is 0 Å². The van der Waals surface area contributed by atoms with Crippen LogP contribution in [0.15, 0.2) is 0 Å². The monoisotopic (exact) mass is 278 g/mol. The van der Waals surface area contributed by atoms with E-state index in [1.807, 2.05) is 0 Å². The lowest BCUT2D eigenvalue weighted by Gasteiger charge is -2.13. The van der Waals surface area contributed by atoms with Crippen molar-refractivity contribution in [2.75, 3.05) is 0 Å². The molecule has 1 unspecified atom stereocenters.